The molecule has 0 saturated heterocycles. The molecular weight excluding hydrogens is 432 g/mol. The van der Waals surface area contributed by atoms with Crippen molar-refractivity contribution in [3.63, 3.8) is 0 Å². The number of hydrogen-bond acceptors (Lipinski definition) is 5. The summed E-state index contributed by atoms with van der Waals surface area (Å²) < 4.78 is 19.7. The van der Waals surface area contributed by atoms with Crippen molar-refractivity contribution in [2.75, 3.05) is 12.8 Å². The highest BCUT2D eigenvalue weighted by Crippen LogP contribution is 2.36. The standard InChI is InChI=1S/C21H18Cl2FN3O3/c1-11-3-5-12(6-4-11)10-30-27-21(28)19-17(23)15(25)9-16(26-19)13-7-8-14(22)20(29-2)18(13)24/h3-9H,10H2,1-2H3,(H2,25,26)(H,27,28). The van der Waals surface area contributed by atoms with Gasteiger partial charge in [0.25, 0.3) is 5.91 Å². The van der Waals surface area contributed by atoms with Crippen LogP contribution in [0.4, 0.5) is 10.1 Å². The number of anilines is 1. The lowest BCUT2D eigenvalue weighted by atomic mass is 10.1. The van der Waals surface area contributed by atoms with Gasteiger partial charge in [-0.05, 0) is 30.7 Å². The Morgan fingerprint density at radius 1 is 1.20 bits per heavy atom. The highest BCUT2D eigenvalue weighted by molar-refractivity contribution is 6.36. The maximum atomic E-state index is 14.8. The number of nitrogens with zero attached hydrogens (tertiary/aromatic N) is 1. The van der Waals surface area contributed by atoms with Gasteiger partial charge in [0.2, 0.25) is 0 Å². The van der Waals surface area contributed by atoms with Gasteiger partial charge in [-0.3, -0.25) is 9.63 Å². The number of rotatable bonds is 6. The molecule has 1 amide bonds. The number of nitrogens with two attached hydrogens (primary N) is 1. The van der Waals surface area contributed by atoms with Crippen LogP contribution in [0.3, 0.4) is 0 Å². The van der Waals surface area contributed by atoms with Crippen LogP contribution < -0.4 is 16.0 Å². The number of hydrogen-bond donors (Lipinski definition) is 2. The Hall–Kier alpha value is -2.87. The molecule has 0 unspecified atom stereocenters. The van der Waals surface area contributed by atoms with E-state index in [1.807, 2.05) is 31.2 Å². The number of nitrogen functional groups attached to an aromatic ring is 1. The molecule has 0 aliphatic carbocycles. The summed E-state index contributed by atoms with van der Waals surface area (Å²) in [7, 11) is 1.29. The molecule has 0 aliphatic rings. The molecule has 1 aromatic heterocycles. The summed E-state index contributed by atoms with van der Waals surface area (Å²) in [6.45, 7) is 2.11. The molecular formula is C21H18Cl2FN3O3. The number of nitrogens with one attached hydrogen (secondary N) is 1. The molecule has 3 N–H and O–H groups in total. The molecule has 6 nitrogen and oxygen atoms in total. The number of aryl methyl sites for hydroxylation is 1. The number of pyridine rings is 1. The summed E-state index contributed by atoms with van der Waals surface area (Å²) in [6.07, 6.45) is 0. The third-order valence-electron chi connectivity index (χ3n) is 4.25. The fourth-order valence-corrected chi connectivity index (χ4v) is 3.08. The number of carbonyl (C=O) groups is 1. The van der Waals surface area contributed by atoms with Crippen molar-refractivity contribution in [3.8, 4) is 17.0 Å². The smallest absolute Gasteiger partial charge is 0.295 e. The lowest BCUT2D eigenvalue weighted by molar-refractivity contribution is 0.0229. The van der Waals surface area contributed by atoms with E-state index in [4.69, 9.17) is 38.5 Å². The average Bonchev–Trinajstić information content (AvgIpc) is 2.72. The van der Waals surface area contributed by atoms with Gasteiger partial charge < -0.3 is 10.5 Å². The van der Waals surface area contributed by atoms with E-state index < -0.39 is 11.7 Å². The first-order valence-electron chi connectivity index (χ1n) is 8.78. The maximum absolute atomic E-state index is 14.8. The summed E-state index contributed by atoms with van der Waals surface area (Å²) in [5.74, 6) is -1.60. The molecule has 1 heterocycles. The van der Waals surface area contributed by atoms with E-state index in [1.54, 1.807) is 0 Å². The van der Waals surface area contributed by atoms with E-state index in [2.05, 4.69) is 10.5 Å². The number of benzene rings is 2. The van der Waals surface area contributed by atoms with Gasteiger partial charge in [-0.2, -0.15) is 0 Å². The lowest BCUT2D eigenvalue weighted by Gasteiger charge is -2.12. The number of carbonyl (C=O) groups excluding carboxylic acids is 1. The Bertz CT molecular complexity index is 1090. The monoisotopic (exact) mass is 449 g/mol. The van der Waals surface area contributed by atoms with E-state index in [0.29, 0.717) is 0 Å². The lowest BCUT2D eigenvalue weighted by Crippen LogP contribution is -2.25. The number of methoxy groups -OCH3 is 1. The topological polar surface area (TPSA) is 86.5 Å². The van der Waals surface area contributed by atoms with Crippen LogP contribution in [-0.2, 0) is 11.4 Å². The first-order chi connectivity index (χ1) is 14.3. The molecule has 3 rings (SSSR count). The molecule has 0 saturated carbocycles. The van der Waals surface area contributed by atoms with Crippen LogP contribution in [0.1, 0.15) is 21.6 Å². The van der Waals surface area contributed by atoms with Crippen LogP contribution >= 0.6 is 23.2 Å². The fourth-order valence-electron chi connectivity index (χ4n) is 2.67. The molecule has 2 aromatic carbocycles. The molecule has 9 heteroatoms. The van der Waals surface area contributed by atoms with Crippen molar-refractivity contribution < 1.29 is 18.8 Å². The highest BCUT2D eigenvalue weighted by Gasteiger charge is 2.21. The quantitative estimate of drug-likeness (QED) is 0.519. The number of ether oxygens (including phenoxy) is 1. The predicted octanol–water partition coefficient (Wildman–Crippen LogP) is 4.96. The number of aromatic nitrogens is 1. The number of amides is 1. The normalized spacial score (nSPS) is 10.7. The van der Waals surface area contributed by atoms with E-state index in [0.717, 1.165) is 11.1 Å². The van der Waals surface area contributed by atoms with E-state index in [1.165, 1.54) is 25.3 Å². The Labute approximate surface area is 182 Å². The fraction of sp³-hybridized carbons (Fsp3) is 0.143. The zero-order valence-electron chi connectivity index (χ0n) is 16.1. The Morgan fingerprint density at radius 3 is 2.57 bits per heavy atom. The summed E-state index contributed by atoms with van der Waals surface area (Å²) in [4.78, 5) is 21.9. The van der Waals surface area contributed by atoms with Crippen molar-refractivity contribution in [2.24, 2.45) is 0 Å². The minimum atomic E-state index is -0.735. The van der Waals surface area contributed by atoms with Crippen molar-refractivity contribution in [1.29, 1.82) is 0 Å². The van der Waals surface area contributed by atoms with E-state index >= 15 is 0 Å². The van der Waals surface area contributed by atoms with Crippen LogP contribution in [0.5, 0.6) is 5.75 Å². The first kappa shape index (κ1) is 21.8. The Kier molecular flexibility index (Phi) is 6.77. The van der Waals surface area contributed by atoms with Crippen molar-refractivity contribution in [2.45, 2.75) is 13.5 Å². The van der Waals surface area contributed by atoms with E-state index in [9.17, 15) is 9.18 Å². The molecule has 156 valence electrons. The van der Waals surface area contributed by atoms with Gasteiger partial charge in [0.15, 0.2) is 17.3 Å². The Balaban J connectivity index is 1.84. The first-order valence-corrected chi connectivity index (χ1v) is 9.53. The molecule has 0 atom stereocenters. The summed E-state index contributed by atoms with van der Waals surface area (Å²) in [5, 5.41) is 0.0275. The third-order valence-corrected chi connectivity index (χ3v) is 4.95. The van der Waals surface area contributed by atoms with Crippen LogP contribution in [-0.4, -0.2) is 18.0 Å². The van der Waals surface area contributed by atoms with Gasteiger partial charge in [-0.15, -0.1) is 0 Å². The molecule has 30 heavy (non-hydrogen) atoms. The molecule has 0 spiro atoms. The zero-order chi connectivity index (χ0) is 21.8. The molecule has 0 bridgehead atoms. The molecule has 0 radical (unpaired) electrons. The minimum absolute atomic E-state index is 0.0502. The zero-order valence-corrected chi connectivity index (χ0v) is 17.6. The molecule has 3 aromatic rings. The second-order valence-corrected chi connectivity index (χ2v) is 7.19. The largest absolute Gasteiger partial charge is 0.492 e. The van der Waals surface area contributed by atoms with Crippen LogP contribution in [0.2, 0.25) is 10.0 Å². The van der Waals surface area contributed by atoms with Gasteiger partial charge in [0, 0.05) is 5.56 Å². The van der Waals surface area contributed by atoms with Crippen molar-refractivity contribution >= 4 is 34.8 Å². The van der Waals surface area contributed by atoms with Gasteiger partial charge in [0.05, 0.1) is 35.1 Å². The number of halogens is 3. The average molecular weight is 450 g/mol. The molecule has 0 fully saturated rings. The van der Waals surface area contributed by atoms with Crippen LogP contribution in [0.15, 0.2) is 42.5 Å². The molecule has 0 aliphatic heterocycles. The summed E-state index contributed by atoms with van der Waals surface area (Å²) in [5.41, 5.74) is 10.1. The Morgan fingerprint density at radius 2 is 1.90 bits per heavy atom. The van der Waals surface area contributed by atoms with Gasteiger partial charge in [-0.25, -0.2) is 14.9 Å². The van der Waals surface area contributed by atoms with E-state index in [-0.39, 0.29) is 45.0 Å². The van der Waals surface area contributed by atoms with Gasteiger partial charge >= 0.3 is 0 Å². The highest BCUT2D eigenvalue weighted by atomic mass is 35.5. The summed E-state index contributed by atoms with van der Waals surface area (Å²) in [6, 6.07) is 11.8. The van der Waals surface area contributed by atoms with Crippen LogP contribution in [0.25, 0.3) is 11.3 Å². The predicted molar refractivity (Wildman–Crippen MR) is 114 cm³/mol. The third kappa shape index (κ3) is 4.64. The second-order valence-electron chi connectivity index (χ2n) is 6.41. The summed E-state index contributed by atoms with van der Waals surface area (Å²) >= 11 is 12.1. The maximum Gasteiger partial charge on any atom is 0.295 e. The second kappa shape index (κ2) is 9.30. The van der Waals surface area contributed by atoms with Gasteiger partial charge in [-0.1, -0.05) is 53.0 Å². The SMILES string of the molecule is COc1c(Cl)ccc(-c2cc(N)c(Cl)c(C(=O)NOCc3ccc(C)cc3)n2)c1F. The number of hydroxylamine groups is 1. The minimum Gasteiger partial charge on any atom is -0.492 e. The van der Waals surface area contributed by atoms with Crippen LogP contribution in [0, 0.1) is 12.7 Å². The van der Waals surface area contributed by atoms with Crippen molar-refractivity contribution in [1.82, 2.24) is 10.5 Å². The van der Waals surface area contributed by atoms with Crippen molar-refractivity contribution in [3.05, 3.63) is 75.1 Å². The van der Waals surface area contributed by atoms with Gasteiger partial charge in [0.1, 0.15) is 0 Å².